The van der Waals surface area contributed by atoms with Crippen LogP contribution in [0.3, 0.4) is 0 Å². The van der Waals surface area contributed by atoms with Crippen molar-refractivity contribution in [1.29, 1.82) is 0 Å². The SMILES string of the molecule is CC(=O)N1CCC[C@H](NCCCn2ccnc2)[C@@H]1Cc1ccc(C)cc1. The number of piperidine rings is 1. The lowest BCUT2D eigenvalue weighted by atomic mass is 9.90. The molecule has 1 fully saturated rings. The molecule has 1 N–H and O–H groups in total. The van der Waals surface area contributed by atoms with E-state index in [9.17, 15) is 4.79 Å². The maximum atomic E-state index is 12.2. The van der Waals surface area contributed by atoms with Crippen LogP contribution in [0.1, 0.15) is 37.3 Å². The van der Waals surface area contributed by atoms with Gasteiger partial charge in [-0.2, -0.15) is 0 Å². The van der Waals surface area contributed by atoms with Crippen LogP contribution < -0.4 is 5.32 Å². The molecule has 1 saturated heterocycles. The first-order valence-corrected chi connectivity index (χ1v) is 9.65. The summed E-state index contributed by atoms with van der Waals surface area (Å²) in [4.78, 5) is 18.3. The molecule has 1 aromatic carbocycles. The molecule has 1 aromatic heterocycles. The lowest BCUT2D eigenvalue weighted by molar-refractivity contribution is -0.133. The quantitative estimate of drug-likeness (QED) is 0.778. The Hall–Kier alpha value is -2.14. The van der Waals surface area contributed by atoms with Crippen molar-refractivity contribution in [2.75, 3.05) is 13.1 Å². The third kappa shape index (κ3) is 4.94. The summed E-state index contributed by atoms with van der Waals surface area (Å²) in [6.07, 6.45) is 9.85. The van der Waals surface area contributed by atoms with Crippen LogP contribution in [-0.4, -0.2) is 45.5 Å². The van der Waals surface area contributed by atoms with E-state index in [4.69, 9.17) is 0 Å². The van der Waals surface area contributed by atoms with Crippen LogP contribution in [-0.2, 0) is 17.8 Å². The van der Waals surface area contributed by atoms with Crippen molar-refractivity contribution in [3.8, 4) is 0 Å². The second-order valence-corrected chi connectivity index (χ2v) is 7.33. The number of carbonyl (C=O) groups is 1. The molecule has 2 heterocycles. The molecule has 2 atom stereocenters. The Morgan fingerprint density at radius 1 is 1.31 bits per heavy atom. The number of imidazole rings is 1. The summed E-state index contributed by atoms with van der Waals surface area (Å²) in [6.45, 7) is 6.61. The summed E-state index contributed by atoms with van der Waals surface area (Å²) in [6, 6.07) is 9.29. The standard InChI is InChI=1S/C21H30N4O/c1-17-6-8-19(9-7-17)15-21-20(5-3-13-25(21)18(2)26)23-10-4-12-24-14-11-22-16-24/h6-9,11,14,16,20-21,23H,3-5,10,12-13,15H2,1-2H3/t20-,21-/m0/s1. The summed E-state index contributed by atoms with van der Waals surface area (Å²) in [5, 5.41) is 3.72. The first-order valence-electron chi connectivity index (χ1n) is 9.65. The van der Waals surface area contributed by atoms with Crippen LogP contribution in [0.5, 0.6) is 0 Å². The number of amides is 1. The molecule has 1 aliphatic rings. The molecule has 1 aliphatic heterocycles. The second kappa shape index (κ2) is 8.99. The Morgan fingerprint density at radius 3 is 2.81 bits per heavy atom. The summed E-state index contributed by atoms with van der Waals surface area (Å²) in [7, 11) is 0. The molecule has 2 aromatic rings. The first kappa shape index (κ1) is 18.6. The maximum Gasteiger partial charge on any atom is 0.219 e. The summed E-state index contributed by atoms with van der Waals surface area (Å²) < 4.78 is 2.11. The number of rotatable bonds is 7. The zero-order chi connectivity index (χ0) is 18.4. The van der Waals surface area contributed by atoms with E-state index in [0.717, 1.165) is 45.3 Å². The number of benzene rings is 1. The Morgan fingerprint density at radius 2 is 2.12 bits per heavy atom. The minimum absolute atomic E-state index is 0.187. The van der Waals surface area contributed by atoms with E-state index in [2.05, 4.69) is 51.0 Å². The zero-order valence-corrected chi connectivity index (χ0v) is 15.9. The van der Waals surface area contributed by atoms with Gasteiger partial charge in [0.05, 0.1) is 12.4 Å². The normalized spacial score (nSPS) is 20.3. The van der Waals surface area contributed by atoms with Gasteiger partial charge >= 0.3 is 0 Å². The fourth-order valence-corrected chi connectivity index (χ4v) is 3.87. The van der Waals surface area contributed by atoms with Crippen LogP contribution in [0.15, 0.2) is 43.0 Å². The highest BCUT2D eigenvalue weighted by atomic mass is 16.2. The van der Waals surface area contributed by atoms with Crippen molar-refractivity contribution in [1.82, 2.24) is 19.8 Å². The molecule has 3 rings (SSSR count). The smallest absolute Gasteiger partial charge is 0.219 e. The van der Waals surface area contributed by atoms with Crippen molar-refractivity contribution >= 4 is 5.91 Å². The zero-order valence-electron chi connectivity index (χ0n) is 15.9. The molecule has 26 heavy (non-hydrogen) atoms. The van der Waals surface area contributed by atoms with Crippen molar-refractivity contribution in [2.45, 2.75) is 58.2 Å². The molecular weight excluding hydrogens is 324 g/mol. The van der Waals surface area contributed by atoms with Crippen molar-refractivity contribution in [3.05, 3.63) is 54.1 Å². The third-order valence-electron chi connectivity index (χ3n) is 5.31. The number of nitrogens with zero attached hydrogens (tertiary/aromatic N) is 3. The molecule has 1 amide bonds. The molecule has 140 valence electrons. The van der Waals surface area contributed by atoms with Gasteiger partial charge in [-0.05, 0) is 44.7 Å². The van der Waals surface area contributed by atoms with E-state index >= 15 is 0 Å². The van der Waals surface area contributed by atoms with Crippen molar-refractivity contribution in [3.63, 3.8) is 0 Å². The molecular formula is C21H30N4O. The number of likely N-dealkylation sites (tertiary alicyclic amines) is 1. The molecule has 0 spiro atoms. The third-order valence-corrected chi connectivity index (χ3v) is 5.31. The minimum atomic E-state index is 0.187. The number of nitrogens with one attached hydrogen (secondary N) is 1. The van der Waals surface area contributed by atoms with Gasteiger partial charge in [0.1, 0.15) is 0 Å². The summed E-state index contributed by atoms with van der Waals surface area (Å²) in [5.74, 6) is 0.187. The molecule has 0 aliphatic carbocycles. The average Bonchev–Trinajstić information content (AvgIpc) is 3.15. The number of hydrogen-bond donors (Lipinski definition) is 1. The van der Waals surface area contributed by atoms with Crippen LogP contribution in [0.2, 0.25) is 0 Å². The van der Waals surface area contributed by atoms with Crippen LogP contribution in [0.4, 0.5) is 0 Å². The summed E-state index contributed by atoms with van der Waals surface area (Å²) >= 11 is 0. The Labute approximate surface area is 156 Å². The monoisotopic (exact) mass is 354 g/mol. The van der Waals surface area contributed by atoms with E-state index in [1.54, 1.807) is 6.92 Å². The van der Waals surface area contributed by atoms with Gasteiger partial charge in [-0.25, -0.2) is 4.98 Å². The topological polar surface area (TPSA) is 50.2 Å². The van der Waals surface area contributed by atoms with Crippen molar-refractivity contribution < 1.29 is 4.79 Å². The van der Waals surface area contributed by atoms with E-state index in [1.807, 2.05) is 18.7 Å². The fourth-order valence-electron chi connectivity index (χ4n) is 3.87. The Bertz CT molecular complexity index is 681. The largest absolute Gasteiger partial charge is 0.338 e. The van der Waals surface area contributed by atoms with Crippen LogP contribution in [0, 0.1) is 6.92 Å². The van der Waals surface area contributed by atoms with Gasteiger partial charge in [-0.15, -0.1) is 0 Å². The van der Waals surface area contributed by atoms with Gasteiger partial charge in [0.2, 0.25) is 5.91 Å². The molecule has 0 unspecified atom stereocenters. The highest BCUT2D eigenvalue weighted by molar-refractivity contribution is 5.73. The number of aromatic nitrogens is 2. The van der Waals surface area contributed by atoms with E-state index < -0.39 is 0 Å². The fraction of sp³-hybridized carbons (Fsp3) is 0.524. The number of carbonyl (C=O) groups excluding carboxylic acids is 1. The van der Waals surface area contributed by atoms with Gasteiger partial charge < -0.3 is 14.8 Å². The second-order valence-electron chi connectivity index (χ2n) is 7.33. The molecule has 0 radical (unpaired) electrons. The van der Waals surface area contributed by atoms with E-state index in [1.165, 1.54) is 11.1 Å². The van der Waals surface area contributed by atoms with E-state index in [0.29, 0.717) is 6.04 Å². The predicted molar refractivity (Wildman–Crippen MR) is 104 cm³/mol. The average molecular weight is 354 g/mol. The van der Waals surface area contributed by atoms with E-state index in [-0.39, 0.29) is 11.9 Å². The van der Waals surface area contributed by atoms with Crippen LogP contribution >= 0.6 is 0 Å². The highest BCUT2D eigenvalue weighted by Gasteiger charge is 2.32. The van der Waals surface area contributed by atoms with Gasteiger partial charge in [0, 0.05) is 38.4 Å². The summed E-state index contributed by atoms with van der Waals surface area (Å²) in [5.41, 5.74) is 2.58. The van der Waals surface area contributed by atoms with Gasteiger partial charge in [-0.1, -0.05) is 29.8 Å². The van der Waals surface area contributed by atoms with Gasteiger partial charge in [0.25, 0.3) is 0 Å². The minimum Gasteiger partial charge on any atom is -0.338 e. The Balaban J connectivity index is 1.60. The lowest BCUT2D eigenvalue weighted by Gasteiger charge is -2.41. The molecule has 5 heteroatoms. The van der Waals surface area contributed by atoms with Crippen molar-refractivity contribution in [2.24, 2.45) is 0 Å². The number of hydrogen-bond acceptors (Lipinski definition) is 3. The Kier molecular flexibility index (Phi) is 6.45. The van der Waals surface area contributed by atoms with Crippen LogP contribution in [0.25, 0.3) is 0 Å². The maximum absolute atomic E-state index is 12.2. The first-order chi connectivity index (χ1) is 12.6. The van der Waals surface area contributed by atoms with Gasteiger partial charge in [-0.3, -0.25) is 4.79 Å². The number of aryl methyl sites for hydroxylation is 2. The molecule has 5 nitrogen and oxygen atoms in total. The van der Waals surface area contributed by atoms with Gasteiger partial charge in [0.15, 0.2) is 0 Å². The molecule has 0 bridgehead atoms. The molecule has 0 saturated carbocycles. The predicted octanol–water partition coefficient (Wildman–Crippen LogP) is 2.79. The lowest BCUT2D eigenvalue weighted by Crippen LogP contribution is -2.56. The highest BCUT2D eigenvalue weighted by Crippen LogP contribution is 2.22.